The number of nitrogens with one attached hydrogen (secondary N) is 1. The second kappa shape index (κ2) is 7.92. The van der Waals surface area contributed by atoms with Gasteiger partial charge in [-0.15, -0.1) is 0 Å². The molecule has 5 heteroatoms. The Morgan fingerprint density at radius 1 is 0.815 bits per heavy atom. The molecule has 0 amide bonds. The third-order valence-corrected chi connectivity index (χ3v) is 5.48. The smallest absolute Gasteiger partial charge is 0.159 e. The molecule has 2 atom stereocenters. The molecular formula is C22H18F2N2S. The van der Waals surface area contributed by atoms with Gasteiger partial charge in [0.2, 0.25) is 0 Å². The maximum absolute atomic E-state index is 13.4. The molecule has 0 radical (unpaired) electrons. The first kappa shape index (κ1) is 17.7. The Bertz CT molecular complexity index is 945. The molecule has 3 aromatic carbocycles. The van der Waals surface area contributed by atoms with Crippen molar-refractivity contribution in [3.63, 3.8) is 0 Å². The van der Waals surface area contributed by atoms with Crippen molar-refractivity contribution in [1.29, 1.82) is 0 Å². The first-order valence-electron chi connectivity index (χ1n) is 8.71. The zero-order valence-electron chi connectivity index (χ0n) is 14.5. The average molecular weight is 380 g/mol. The van der Waals surface area contributed by atoms with Crippen LogP contribution in [-0.2, 0) is 5.75 Å². The van der Waals surface area contributed by atoms with Gasteiger partial charge < -0.3 is 5.32 Å². The van der Waals surface area contributed by atoms with Gasteiger partial charge in [-0.1, -0.05) is 78.5 Å². The number of thioether (sulfide) groups is 1. The van der Waals surface area contributed by atoms with Crippen molar-refractivity contribution >= 4 is 16.9 Å². The summed E-state index contributed by atoms with van der Waals surface area (Å²) >= 11 is 1.50. The molecule has 4 rings (SSSR count). The van der Waals surface area contributed by atoms with Crippen molar-refractivity contribution in [3.8, 4) is 0 Å². The second-order valence-electron chi connectivity index (χ2n) is 6.36. The lowest BCUT2D eigenvalue weighted by atomic mass is 9.95. The summed E-state index contributed by atoms with van der Waals surface area (Å²) < 4.78 is 26.5. The number of hydrogen-bond donors (Lipinski definition) is 1. The van der Waals surface area contributed by atoms with Gasteiger partial charge >= 0.3 is 0 Å². The van der Waals surface area contributed by atoms with Gasteiger partial charge in [0.15, 0.2) is 16.8 Å². The minimum absolute atomic E-state index is 0.0268. The van der Waals surface area contributed by atoms with E-state index in [4.69, 9.17) is 4.99 Å². The van der Waals surface area contributed by atoms with Crippen LogP contribution in [0.4, 0.5) is 8.78 Å². The van der Waals surface area contributed by atoms with Crippen molar-refractivity contribution in [3.05, 3.63) is 107 Å². The van der Waals surface area contributed by atoms with Crippen molar-refractivity contribution < 1.29 is 8.78 Å². The summed E-state index contributed by atoms with van der Waals surface area (Å²) in [7, 11) is 0. The normalized spacial score (nSPS) is 18.8. The Hall–Kier alpha value is -2.66. The monoisotopic (exact) mass is 380 g/mol. The van der Waals surface area contributed by atoms with Gasteiger partial charge in [-0.25, -0.2) is 8.78 Å². The van der Waals surface area contributed by atoms with Crippen LogP contribution in [0.15, 0.2) is 83.9 Å². The molecule has 0 aliphatic carbocycles. The van der Waals surface area contributed by atoms with E-state index in [2.05, 4.69) is 29.6 Å². The highest BCUT2D eigenvalue weighted by Crippen LogP contribution is 2.38. The van der Waals surface area contributed by atoms with Crippen LogP contribution in [0, 0.1) is 11.6 Å². The van der Waals surface area contributed by atoms with Gasteiger partial charge in [-0.3, -0.25) is 4.99 Å². The number of halogens is 2. The molecule has 0 fully saturated rings. The molecule has 0 aromatic heterocycles. The Balaban J connectivity index is 1.55. The summed E-state index contributed by atoms with van der Waals surface area (Å²) in [6.07, 6.45) is 0. The summed E-state index contributed by atoms with van der Waals surface area (Å²) in [5.41, 5.74) is 3.03. The Morgan fingerprint density at radius 2 is 1.48 bits per heavy atom. The van der Waals surface area contributed by atoms with Crippen LogP contribution in [0.25, 0.3) is 0 Å². The first-order chi connectivity index (χ1) is 13.2. The van der Waals surface area contributed by atoms with E-state index in [0.717, 1.165) is 22.4 Å². The van der Waals surface area contributed by atoms with E-state index in [1.807, 2.05) is 36.4 Å². The van der Waals surface area contributed by atoms with Gasteiger partial charge in [-0.2, -0.15) is 0 Å². The summed E-state index contributed by atoms with van der Waals surface area (Å²) in [5, 5.41) is 4.31. The second-order valence-corrected chi connectivity index (χ2v) is 7.32. The number of amidine groups is 1. The molecule has 136 valence electrons. The third kappa shape index (κ3) is 4.03. The van der Waals surface area contributed by atoms with E-state index in [9.17, 15) is 8.78 Å². The Kier molecular flexibility index (Phi) is 5.21. The van der Waals surface area contributed by atoms with Crippen molar-refractivity contribution in [2.45, 2.75) is 17.8 Å². The first-order valence-corrected chi connectivity index (χ1v) is 9.70. The van der Waals surface area contributed by atoms with Crippen molar-refractivity contribution in [1.82, 2.24) is 5.32 Å². The molecule has 1 heterocycles. The summed E-state index contributed by atoms with van der Waals surface area (Å²) in [6.45, 7) is 0. The van der Waals surface area contributed by atoms with Crippen LogP contribution >= 0.6 is 11.8 Å². The summed E-state index contributed by atoms with van der Waals surface area (Å²) in [6, 6.07) is 24.4. The molecule has 1 N–H and O–H groups in total. The fraction of sp³-hybridized carbons (Fsp3) is 0.136. The molecule has 0 saturated heterocycles. The third-order valence-electron chi connectivity index (χ3n) is 4.51. The van der Waals surface area contributed by atoms with Crippen LogP contribution in [0.1, 0.15) is 28.8 Å². The lowest BCUT2D eigenvalue weighted by Gasteiger charge is -2.19. The van der Waals surface area contributed by atoms with E-state index in [1.54, 1.807) is 6.07 Å². The van der Waals surface area contributed by atoms with Gasteiger partial charge in [-0.05, 0) is 28.8 Å². The minimum atomic E-state index is -0.826. The number of aliphatic imine (C=N–C) groups is 1. The van der Waals surface area contributed by atoms with E-state index in [1.165, 1.54) is 23.4 Å². The molecule has 1 aliphatic heterocycles. The zero-order chi connectivity index (χ0) is 18.6. The van der Waals surface area contributed by atoms with Gasteiger partial charge in [0.1, 0.15) is 6.04 Å². The van der Waals surface area contributed by atoms with Crippen LogP contribution in [0.5, 0.6) is 0 Å². The zero-order valence-corrected chi connectivity index (χ0v) is 15.3. The molecule has 0 bridgehead atoms. The molecule has 3 aromatic rings. The van der Waals surface area contributed by atoms with Gasteiger partial charge in [0.05, 0.1) is 6.04 Å². The van der Waals surface area contributed by atoms with Crippen LogP contribution < -0.4 is 5.32 Å². The fourth-order valence-corrected chi connectivity index (χ4v) is 4.03. The lowest BCUT2D eigenvalue weighted by Crippen LogP contribution is -2.22. The SMILES string of the molecule is Fc1ccc(CSC2=NC(c3ccccc3)C(c3ccccc3)N2)cc1F. The maximum atomic E-state index is 13.4. The molecule has 1 aliphatic rings. The average Bonchev–Trinajstić information content (AvgIpc) is 3.15. The van der Waals surface area contributed by atoms with Gasteiger partial charge in [0.25, 0.3) is 0 Å². The number of rotatable bonds is 4. The highest BCUT2D eigenvalue weighted by Gasteiger charge is 2.31. The quantitative estimate of drug-likeness (QED) is 0.633. The Labute approximate surface area is 161 Å². The molecular weight excluding hydrogens is 362 g/mol. The Morgan fingerprint density at radius 3 is 2.15 bits per heavy atom. The van der Waals surface area contributed by atoms with Gasteiger partial charge in [0, 0.05) is 5.75 Å². The van der Waals surface area contributed by atoms with Crippen LogP contribution in [0.3, 0.4) is 0 Å². The van der Waals surface area contributed by atoms with Crippen LogP contribution in [0.2, 0.25) is 0 Å². The number of hydrogen-bond acceptors (Lipinski definition) is 3. The predicted molar refractivity (Wildman–Crippen MR) is 107 cm³/mol. The molecule has 0 saturated carbocycles. The van der Waals surface area contributed by atoms with Crippen molar-refractivity contribution in [2.75, 3.05) is 0 Å². The molecule has 2 unspecified atom stereocenters. The summed E-state index contributed by atoms with van der Waals surface area (Å²) in [5.74, 6) is -1.13. The number of benzene rings is 3. The molecule has 2 nitrogen and oxygen atoms in total. The van der Waals surface area contributed by atoms with E-state index in [0.29, 0.717) is 5.75 Å². The largest absolute Gasteiger partial charge is 0.356 e. The summed E-state index contributed by atoms with van der Waals surface area (Å²) in [4.78, 5) is 4.87. The highest BCUT2D eigenvalue weighted by molar-refractivity contribution is 8.13. The number of nitrogens with zero attached hydrogens (tertiary/aromatic N) is 1. The molecule has 0 spiro atoms. The topological polar surface area (TPSA) is 24.4 Å². The minimum Gasteiger partial charge on any atom is -0.356 e. The predicted octanol–water partition coefficient (Wildman–Crippen LogP) is 5.64. The van der Waals surface area contributed by atoms with Crippen LogP contribution in [-0.4, -0.2) is 5.17 Å². The standard InChI is InChI=1S/C22H18F2N2S/c23-18-12-11-15(13-19(18)24)14-27-22-25-20(16-7-3-1-4-8-16)21(26-22)17-9-5-2-6-10-17/h1-13,20-21H,14H2,(H,25,26). The van der Waals surface area contributed by atoms with E-state index < -0.39 is 11.6 Å². The fourth-order valence-electron chi connectivity index (χ4n) is 3.15. The lowest BCUT2D eigenvalue weighted by molar-refractivity contribution is 0.507. The van der Waals surface area contributed by atoms with E-state index in [-0.39, 0.29) is 12.1 Å². The van der Waals surface area contributed by atoms with Crippen molar-refractivity contribution in [2.24, 2.45) is 4.99 Å². The van der Waals surface area contributed by atoms with E-state index >= 15 is 0 Å². The highest BCUT2D eigenvalue weighted by atomic mass is 32.2. The maximum Gasteiger partial charge on any atom is 0.159 e. The molecule has 27 heavy (non-hydrogen) atoms.